The minimum atomic E-state index is -0.358. The maximum Gasteiger partial charge on any atom is 0.266 e. The van der Waals surface area contributed by atoms with E-state index in [-0.39, 0.29) is 23.6 Å². The highest BCUT2D eigenvalue weighted by molar-refractivity contribution is 6.35. The van der Waals surface area contributed by atoms with Crippen LogP contribution in [0.1, 0.15) is 41.4 Å². The lowest BCUT2D eigenvalue weighted by molar-refractivity contribution is 0.0910. The number of ether oxygens (including phenoxy) is 1. The topological polar surface area (TPSA) is 84.0 Å². The zero-order chi connectivity index (χ0) is 24.1. The fraction of sp³-hybridized carbons (Fsp3) is 0. The molecule has 4 aromatic carbocycles. The Bertz CT molecular complexity index is 1350. The molecule has 6 rings (SSSR count). The van der Waals surface area contributed by atoms with Gasteiger partial charge in [0.25, 0.3) is 23.6 Å². The number of nitrogens with zero attached hydrogens (tertiary/aromatic N) is 2. The molecule has 0 aliphatic carbocycles. The van der Waals surface area contributed by atoms with Crippen molar-refractivity contribution in [2.45, 2.75) is 0 Å². The average Bonchev–Trinajstić information content (AvgIpc) is 3.30. The molecule has 2 heterocycles. The molecule has 0 aromatic heterocycles. The van der Waals surface area contributed by atoms with Gasteiger partial charge in [-0.2, -0.15) is 0 Å². The summed E-state index contributed by atoms with van der Waals surface area (Å²) in [5.74, 6) is -0.435. The van der Waals surface area contributed by atoms with E-state index >= 15 is 0 Å². The molecule has 4 amide bonds. The summed E-state index contributed by atoms with van der Waals surface area (Å²) in [6.07, 6.45) is 0. The third kappa shape index (κ3) is 3.21. The monoisotopic (exact) mass is 460 g/mol. The molecule has 0 saturated heterocycles. The van der Waals surface area contributed by atoms with Crippen LogP contribution >= 0.6 is 0 Å². The van der Waals surface area contributed by atoms with Crippen LogP contribution in [0.25, 0.3) is 0 Å². The Kier molecular flexibility index (Phi) is 4.57. The number of carbonyl (C=O) groups excluding carboxylic acids is 4. The summed E-state index contributed by atoms with van der Waals surface area (Å²) in [7, 11) is 0. The Morgan fingerprint density at radius 3 is 0.971 bits per heavy atom. The number of hydrogen-bond donors (Lipinski definition) is 0. The maximum absolute atomic E-state index is 12.7. The number of carbonyl (C=O) groups is 4. The molecule has 2 aliphatic heterocycles. The molecule has 7 nitrogen and oxygen atoms in total. The molecule has 0 bridgehead atoms. The average molecular weight is 460 g/mol. The summed E-state index contributed by atoms with van der Waals surface area (Å²) in [5.41, 5.74) is 2.44. The predicted octanol–water partition coefficient (Wildman–Crippen LogP) is 5.08. The van der Waals surface area contributed by atoms with Gasteiger partial charge in [0.2, 0.25) is 0 Å². The minimum Gasteiger partial charge on any atom is -0.457 e. The van der Waals surface area contributed by atoms with Crippen molar-refractivity contribution >= 4 is 35.0 Å². The van der Waals surface area contributed by atoms with Crippen LogP contribution in [-0.4, -0.2) is 23.6 Å². The predicted molar refractivity (Wildman–Crippen MR) is 128 cm³/mol. The summed E-state index contributed by atoms with van der Waals surface area (Å²) in [4.78, 5) is 52.9. The van der Waals surface area contributed by atoms with Crippen LogP contribution in [-0.2, 0) is 0 Å². The van der Waals surface area contributed by atoms with Crippen molar-refractivity contribution in [3.8, 4) is 11.5 Å². The van der Waals surface area contributed by atoms with Crippen LogP contribution in [0.4, 0.5) is 11.4 Å². The van der Waals surface area contributed by atoms with Crippen molar-refractivity contribution in [2.75, 3.05) is 9.80 Å². The number of amides is 4. The molecule has 7 heteroatoms. The molecule has 0 unspecified atom stereocenters. The SMILES string of the molecule is O=C1c2ccccc2C(=O)N1c1ccc(Oc2ccc(N3C(=O)c4ccccc4C3=O)cc2)cc1. The number of hydrogen-bond acceptors (Lipinski definition) is 5. The van der Waals surface area contributed by atoms with Crippen molar-refractivity contribution in [1.29, 1.82) is 0 Å². The Labute approximate surface area is 199 Å². The lowest BCUT2D eigenvalue weighted by Gasteiger charge is -2.16. The molecule has 35 heavy (non-hydrogen) atoms. The largest absolute Gasteiger partial charge is 0.457 e. The number of rotatable bonds is 4. The van der Waals surface area contributed by atoms with Gasteiger partial charge in [0, 0.05) is 0 Å². The zero-order valence-corrected chi connectivity index (χ0v) is 18.2. The Hall–Kier alpha value is -5.04. The third-order valence-electron chi connectivity index (χ3n) is 6.01. The molecule has 2 aliphatic rings. The Morgan fingerprint density at radius 1 is 0.400 bits per heavy atom. The Morgan fingerprint density at radius 2 is 0.686 bits per heavy atom. The van der Waals surface area contributed by atoms with E-state index in [0.717, 1.165) is 9.80 Å². The fourth-order valence-electron chi connectivity index (χ4n) is 4.31. The molecule has 0 spiro atoms. The quantitative estimate of drug-likeness (QED) is 0.397. The maximum atomic E-state index is 12.7. The van der Waals surface area contributed by atoms with Gasteiger partial charge in [-0.3, -0.25) is 19.2 Å². The first kappa shape index (κ1) is 20.6. The van der Waals surface area contributed by atoms with Crippen LogP contribution in [0.15, 0.2) is 97.1 Å². The van der Waals surface area contributed by atoms with Gasteiger partial charge in [-0.05, 0) is 72.8 Å². The van der Waals surface area contributed by atoms with Gasteiger partial charge in [0.15, 0.2) is 0 Å². The van der Waals surface area contributed by atoms with E-state index in [1.165, 1.54) is 0 Å². The molecule has 168 valence electrons. The molecule has 0 atom stereocenters. The van der Waals surface area contributed by atoms with Gasteiger partial charge in [-0.1, -0.05) is 24.3 Å². The summed E-state index contributed by atoms with van der Waals surface area (Å²) in [6, 6.07) is 26.7. The molecule has 4 aromatic rings. The van der Waals surface area contributed by atoms with E-state index in [4.69, 9.17) is 4.74 Å². The molecule has 0 radical (unpaired) electrons. The van der Waals surface area contributed by atoms with E-state index in [9.17, 15) is 19.2 Å². The van der Waals surface area contributed by atoms with Gasteiger partial charge in [0.05, 0.1) is 33.6 Å². The standard InChI is InChI=1S/C28H16N2O5/c31-25-21-5-1-2-6-22(21)26(32)29(25)17-9-13-19(14-10-17)35-20-15-11-18(12-16-20)30-27(33)23-7-3-4-8-24(23)28(30)34/h1-16H. The normalized spacial score (nSPS) is 14.4. The molecular formula is C28H16N2O5. The van der Waals surface area contributed by atoms with Gasteiger partial charge >= 0.3 is 0 Å². The van der Waals surface area contributed by atoms with E-state index in [2.05, 4.69) is 0 Å². The van der Waals surface area contributed by atoms with Crippen molar-refractivity contribution < 1.29 is 23.9 Å². The highest BCUT2D eigenvalue weighted by Gasteiger charge is 2.37. The highest BCUT2D eigenvalue weighted by Crippen LogP contribution is 2.32. The molecule has 0 saturated carbocycles. The molecular weight excluding hydrogens is 444 g/mol. The fourth-order valence-corrected chi connectivity index (χ4v) is 4.31. The van der Waals surface area contributed by atoms with Crippen molar-refractivity contribution in [3.05, 3.63) is 119 Å². The smallest absolute Gasteiger partial charge is 0.266 e. The van der Waals surface area contributed by atoms with Gasteiger partial charge in [0.1, 0.15) is 11.5 Å². The lowest BCUT2D eigenvalue weighted by atomic mass is 10.1. The first-order valence-electron chi connectivity index (χ1n) is 10.9. The van der Waals surface area contributed by atoms with Gasteiger partial charge < -0.3 is 4.74 Å². The zero-order valence-electron chi connectivity index (χ0n) is 18.2. The van der Waals surface area contributed by atoms with Gasteiger partial charge in [-0.25, -0.2) is 9.80 Å². The van der Waals surface area contributed by atoms with Gasteiger partial charge in [-0.15, -0.1) is 0 Å². The first-order chi connectivity index (χ1) is 17.0. The summed E-state index contributed by atoms with van der Waals surface area (Å²) in [5, 5.41) is 0. The van der Waals surface area contributed by atoms with E-state index in [1.807, 2.05) is 0 Å². The van der Waals surface area contributed by atoms with E-state index < -0.39 is 0 Å². The van der Waals surface area contributed by atoms with Crippen LogP contribution in [0.2, 0.25) is 0 Å². The number of imide groups is 2. The second-order valence-electron chi connectivity index (χ2n) is 8.07. The Balaban J connectivity index is 1.18. The number of benzene rings is 4. The summed E-state index contributed by atoms with van der Waals surface area (Å²) in [6.45, 7) is 0. The number of fused-ring (bicyclic) bond motifs is 2. The van der Waals surface area contributed by atoms with Crippen molar-refractivity contribution in [1.82, 2.24) is 0 Å². The van der Waals surface area contributed by atoms with Crippen LogP contribution in [0.5, 0.6) is 11.5 Å². The van der Waals surface area contributed by atoms with Crippen LogP contribution < -0.4 is 14.5 Å². The van der Waals surface area contributed by atoms with Crippen molar-refractivity contribution in [3.63, 3.8) is 0 Å². The van der Waals surface area contributed by atoms with E-state index in [1.54, 1.807) is 97.1 Å². The summed E-state index contributed by atoms with van der Waals surface area (Å²) >= 11 is 0. The van der Waals surface area contributed by atoms with Crippen LogP contribution in [0, 0.1) is 0 Å². The van der Waals surface area contributed by atoms with Crippen LogP contribution in [0.3, 0.4) is 0 Å². The first-order valence-corrected chi connectivity index (χ1v) is 10.9. The number of anilines is 2. The second-order valence-corrected chi connectivity index (χ2v) is 8.07. The lowest BCUT2D eigenvalue weighted by Crippen LogP contribution is -2.29. The second kappa shape index (κ2) is 7.78. The van der Waals surface area contributed by atoms with E-state index in [0.29, 0.717) is 45.1 Å². The third-order valence-corrected chi connectivity index (χ3v) is 6.01. The molecule has 0 N–H and O–H groups in total. The minimum absolute atomic E-state index is 0.358. The van der Waals surface area contributed by atoms with Crippen molar-refractivity contribution in [2.24, 2.45) is 0 Å². The molecule has 0 fully saturated rings. The highest BCUT2D eigenvalue weighted by atomic mass is 16.5. The summed E-state index contributed by atoms with van der Waals surface area (Å²) < 4.78 is 5.87.